The predicted molar refractivity (Wildman–Crippen MR) is 74.5 cm³/mol. The van der Waals surface area contributed by atoms with Crippen molar-refractivity contribution in [3.05, 3.63) is 39.9 Å². The molecule has 0 heterocycles. The molecule has 0 aliphatic heterocycles. The Bertz CT molecular complexity index is 428. The average molecular weight is 431 g/mol. The fourth-order valence-electron chi connectivity index (χ4n) is 1.02. The Morgan fingerprint density at radius 2 is 1.82 bits per heavy atom. The molecule has 1 rings (SSSR count). The number of carbonyl (C=O) groups is 1. The van der Waals surface area contributed by atoms with Crippen LogP contribution in [0.4, 0.5) is 5.69 Å². The second-order valence-electron chi connectivity index (χ2n) is 3.10. The minimum atomic E-state index is -0.992. The first-order chi connectivity index (χ1) is 7.80. The van der Waals surface area contributed by atoms with Gasteiger partial charge in [0.25, 0.3) is 11.6 Å². The standard InChI is InChI=1S/C9H7Br3N2O3/c10-9(11,12)8(15)13-5-6-1-3-7(4-2-6)14(16)17/h1-4H,5H2,(H,13,15). The van der Waals surface area contributed by atoms with E-state index < -0.39 is 7.07 Å². The van der Waals surface area contributed by atoms with Crippen LogP contribution < -0.4 is 5.32 Å². The van der Waals surface area contributed by atoms with Crippen molar-refractivity contribution in [2.75, 3.05) is 0 Å². The van der Waals surface area contributed by atoms with Crippen LogP contribution >= 0.6 is 47.8 Å². The van der Waals surface area contributed by atoms with Crippen molar-refractivity contribution in [1.82, 2.24) is 5.32 Å². The third kappa shape index (κ3) is 4.72. The van der Waals surface area contributed by atoms with Crippen LogP contribution in [0.5, 0.6) is 0 Å². The summed E-state index contributed by atoms with van der Waals surface area (Å²) in [7, 11) is 0. The molecule has 92 valence electrons. The number of non-ortho nitro benzene ring substituents is 1. The van der Waals surface area contributed by atoms with Gasteiger partial charge < -0.3 is 5.32 Å². The van der Waals surface area contributed by atoms with E-state index in [0.717, 1.165) is 5.56 Å². The third-order valence-corrected chi connectivity index (χ3v) is 2.94. The summed E-state index contributed by atoms with van der Waals surface area (Å²) in [4.78, 5) is 21.4. The van der Waals surface area contributed by atoms with Gasteiger partial charge >= 0.3 is 0 Å². The van der Waals surface area contributed by atoms with Gasteiger partial charge in [0, 0.05) is 18.7 Å². The van der Waals surface area contributed by atoms with Crippen molar-refractivity contribution in [3.8, 4) is 0 Å². The number of halogens is 3. The summed E-state index contributed by atoms with van der Waals surface area (Å²) in [5.74, 6) is -0.296. The summed E-state index contributed by atoms with van der Waals surface area (Å²) in [5.41, 5.74) is 0.802. The number of nitro groups is 1. The fourth-order valence-corrected chi connectivity index (χ4v) is 1.44. The second kappa shape index (κ2) is 5.92. The van der Waals surface area contributed by atoms with Crippen molar-refractivity contribution < 1.29 is 9.72 Å². The highest BCUT2D eigenvalue weighted by atomic mass is 80.0. The molecular weight excluding hydrogens is 424 g/mol. The summed E-state index contributed by atoms with van der Waals surface area (Å²) in [6.45, 7) is 0.293. The highest BCUT2D eigenvalue weighted by molar-refractivity contribution is 9.40. The second-order valence-corrected chi connectivity index (χ2v) is 9.86. The van der Waals surface area contributed by atoms with Gasteiger partial charge in [0.2, 0.25) is 2.14 Å². The largest absolute Gasteiger partial charge is 0.349 e. The summed E-state index contributed by atoms with van der Waals surface area (Å²) in [6.07, 6.45) is 0. The number of nitro benzene ring substituents is 1. The minimum Gasteiger partial charge on any atom is -0.349 e. The summed E-state index contributed by atoms with van der Waals surface area (Å²) >= 11 is 9.24. The molecule has 0 spiro atoms. The number of benzene rings is 1. The van der Waals surface area contributed by atoms with Crippen LogP contribution in [0.2, 0.25) is 0 Å². The molecule has 8 heteroatoms. The minimum absolute atomic E-state index is 0.0240. The number of carbonyl (C=O) groups excluding carboxylic acids is 1. The smallest absolute Gasteiger partial charge is 0.269 e. The molecule has 1 N–H and O–H groups in total. The van der Waals surface area contributed by atoms with E-state index in [4.69, 9.17) is 0 Å². The van der Waals surface area contributed by atoms with Gasteiger partial charge in [-0.25, -0.2) is 0 Å². The number of nitrogens with zero attached hydrogens (tertiary/aromatic N) is 1. The van der Waals surface area contributed by atoms with Gasteiger partial charge in [0.15, 0.2) is 0 Å². The zero-order valence-corrected chi connectivity index (χ0v) is 13.1. The zero-order chi connectivity index (χ0) is 13.1. The molecule has 1 aromatic carbocycles. The predicted octanol–water partition coefficient (Wildman–Crippen LogP) is 3.05. The van der Waals surface area contributed by atoms with Crippen molar-refractivity contribution in [1.29, 1.82) is 0 Å². The van der Waals surface area contributed by atoms with Crippen LogP contribution in [0.3, 0.4) is 0 Å². The van der Waals surface area contributed by atoms with Gasteiger partial charge in [-0.2, -0.15) is 0 Å². The molecule has 0 bridgehead atoms. The Hall–Kier alpha value is -0.470. The Kier molecular flexibility index (Phi) is 5.08. The molecule has 0 aliphatic rings. The van der Waals surface area contributed by atoms with Gasteiger partial charge in [0.05, 0.1) is 4.92 Å². The zero-order valence-electron chi connectivity index (χ0n) is 8.32. The van der Waals surface area contributed by atoms with E-state index in [1.54, 1.807) is 12.1 Å². The molecule has 0 aromatic heterocycles. The maximum atomic E-state index is 11.5. The number of rotatable bonds is 3. The number of nitrogens with one attached hydrogen (secondary N) is 1. The molecule has 0 aliphatic carbocycles. The summed E-state index contributed by atoms with van der Waals surface area (Å²) in [6, 6.07) is 5.98. The normalized spacial score (nSPS) is 11.0. The Morgan fingerprint density at radius 3 is 2.24 bits per heavy atom. The van der Waals surface area contributed by atoms with E-state index in [0.29, 0.717) is 6.54 Å². The van der Waals surface area contributed by atoms with Crippen LogP contribution in [0.25, 0.3) is 0 Å². The summed E-state index contributed by atoms with van der Waals surface area (Å²) in [5, 5.41) is 13.1. The van der Waals surface area contributed by atoms with Crippen LogP contribution in [0.15, 0.2) is 24.3 Å². The SMILES string of the molecule is O=C(NCc1ccc([N+](=O)[O-])cc1)C(Br)(Br)Br. The molecule has 0 fully saturated rings. The highest BCUT2D eigenvalue weighted by Gasteiger charge is 2.27. The molecular formula is C9H7Br3N2O3. The van der Waals surface area contributed by atoms with Gasteiger partial charge in [-0.1, -0.05) is 12.1 Å². The van der Waals surface area contributed by atoms with Crippen molar-refractivity contribution in [2.24, 2.45) is 0 Å². The van der Waals surface area contributed by atoms with Gasteiger partial charge in [-0.15, -0.1) is 0 Å². The Morgan fingerprint density at radius 1 is 1.29 bits per heavy atom. The number of alkyl halides is 3. The molecule has 0 saturated heterocycles. The Balaban J connectivity index is 2.59. The highest BCUT2D eigenvalue weighted by Crippen LogP contribution is 2.33. The molecule has 17 heavy (non-hydrogen) atoms. The first kappa shape index (κ1) is 14.6. The van der Waals surface area contributed by atoms with E-state index >= 15 is 0 Å². The molecule has 5 nitrogen and oxygen atoms in total. The Labute approximate surface area is 122 Å². The molecule has 0 radical (unpaired) electrons. The molecule has 0 saturated carbocycles. The van der Waals surface area contributed by atoms with Crippen LogP contribution in [-0.2, 0) is 11.3 Å². The molecule has 1 aromatic rings. The monoisotopic (exact) mass is 428 g/mol. The molecule has 0 atom stereocenters. The maximum Gasteiger partial charge on any atom is 0.269 e. The number of hydrogen-bond acceptors (Lipinski definition) is 3. The van der Waals surface area contributed by atoms with Crippen molar-refractivity contribution in [3.63, 3.8) is 0 Å². The van der Waals surface area contributed by atoms with E-state index in [1.807, 2.05) is 0 Å². The maximum absolute atomic E-state index is 11.5. The van der Waals surface area contributed by atoms with E-state index in [-0.39, 0.29) is 11.6 Å². The molecule has 1 amide bonds. The third-order valence-electron chi connectivity index (χ3n) is 1.86. The van der Waals surface area contributed by atoms with Gasteiger partial charge in [0.1, 0.15) is 0 Å². The fraction of sp³-hybridized carbons (Fsp3) is 0.222. The molecule has 0 unspecified atom stereocenters. The number of amides is 1. The first-order valence-corrected chi connectivity index (χ1v) is 6.77. The van der Waals surface area contributed by atoms with E-state index in [9.17, 15) is 14.9 Å². The van der Waals surface area contributed by atoms with E-state index in [1.165, 1.54) is 12.1 Å². The van der Waals surface area contributed by atoms with Crippen LogP contribution in [0.1, 0.15) is 5.56 Å². The average Bonchev–Trinajstić information content (AvgIpc) is 2.25. The van der Waals surface area contributed by atoms with Crippen molar-refractivity contribution in [2.45, 2.75) is 8.69 Å². The quantitative estimate of drug-likeness (QED) is 0.455. The lowest BCUT2D eigenvalue weighted by molar-refractivity contribution is -0.384. The topological polar surface area (TPSA) is 72.2 Å². The van der Waals surface area contributed by atoms with Crippen LogP contribution in [-0.4, -0.2) is 13.0 Å². The lowest BCUT2D eigenvalue weighted by Crippen LogP contribution is -2.32. The van der Waals surface area contributed by atoms with Crippen LogP contribution in [0, 0.1) is 10.1 Å². The first-order valence-electron chi connectivity index (χ1n) is 4.39. The van der Waals surface area contributed by atoms with Gasteiger partial charge in [-0.05, 0) is 53.4 Å². The van der Waals surface area contributed by atoms with Crippen molar-refractivity contribution >= 4 is 59.4 Å². The lowest BCUT2D eigenvalue weighted by atomic mass is 10.2. The number of hydrogen-bond donors (Lipinski definition) is 1. The summed E-state index contributed by atoms with van der Waals surface area (Å²) < 4.78 is -0.992. The lowest BCUT2D eigenvalue weighted by Gasteiger charge is -2.12. The van der Waals surface area contributed by atoms with E-state index in [2.05, 4.69) is 53.1 Å². The van der Waals surface area contributed by atoms with Gasteiger partial charge in [-0.3, -0.25) is 14.9 Å².